The first-order chi connectivity index (χ1) is 9.11. The fourth-order valence-electron chi connectivity index (χ4n) is 2.43. The molecule has 0 aromatic heterocycles. The molecule has 1 aliphatic heterocycles. The number of piperidine rings is 1. The summed E-state index contributed by atoms with van der Waals surface area (Å²) >= 11 is 6.19. The van der Waals surface area contributed by atoms with Gasteiger partial charge in [0.2, 0.25) is 0 Å². The fourth-order valence-corrected chi connectivity index (χ4v) is 2.73. The van der Waals surface area contributed by atoms with Gasteiger partial charge in [0.25, 0.3) is 0 Å². The van der Waals surface area contributed by atoms with E-state index in [1.807, 2.05) is 6.92 Å². The van der Waals surface area contributed by atoms with Crippen molar-refractivity contribution in [2.45, 2.75) is 25.9 Å². The van der Waals surface area contributed by atoms with Gasteiger partial charge in [0, 0.05) is 19.7 Å². The molecular formula is C14H18ClNO3. The molecule has 1 unspecified atom stereocenters. The van der Waals surface area contributed by atoms with Gasteiger partial charge in [0.1, 0.15) is 0 Å². The standard InChI is InChI=1S/C14H18ClNO3/c1-2-19-11-4-3-7-16(9-11)13-6-5-10(14(17)18)8-12(13)15/h5-6,8,11H,2-4,7,9H2,1H3,(H,17,18). The van der Waals surface area contributed by atoms with Crippen LogP contribution in [0.25, 0.3) is 0 Å². The number of benzene rings is 1. The van der Waals surface area contributed by atoms with Crippen molar-refractivity contribution in [3.05, 3.63) is 28.8 Å². The molecule has 4 nitrogen and oxygen atoms in total. The maximum absolute atomic E-state index is 10.9. The molecule has 0 aliphatic carbocycles. The number of halogens is 1. The Hall–Kier alpha value is -1.26. The highest BCUT2D eigenvalue weighted by Crippen LogP contribution is 2.29. The number of carboxylic acid groups (broad SMARTS) is 1. The quantitative estimate of drug-likeness (QED) is 0.923. The number of carboxylic acids is 1. The van der Waals surface area contributed by atoms with Crippen LogP contribution in [0.4, 0.5) is 5.69 Å². The van der Waals surface area contributed by atoms with Crippen LogP contribution in [-0.4, -0.2) is 36.9 Å². The van der Waals surface area contributed by atoms with E-state index in [0.717, 1.165) is 31.6 Å². The van der Waals surface area contributed by atoms with Crippen molar-refractivity contribution in [1.29, 1.82) is 0 Å². The molecule has 0 amide bonds. The summed E-state index contributed by atoms with van der Waals surface area (Å²) in [6.07, 6.45) is 2.35. The molecule has 1 fully saturated rings. The molecule has 19 heavy (non-hydrogen) atoms. The van der Waals surface area contributed by atoms with Crippen LogP contribution < -0.4 is 4.90 Å². The lowest BCUT2D eigenvalue weighted by Crippen LogP contribution is -2.39. The van der Waals surface area contributed by atoms with E-state index in [-0.39, 0.29) is 11.7 Å². The monoisotopic (exact) mass is 283 g/mol. The lowest BCUT2D eigenvalue weighted by atomic mass is 10.1. The van der Waals surface area contributed by atoms with Crippen molar-refractivity contribution < 1.29 is 14.6 Å². The third-order valence-corrected chi connectivity index (χ3v) is 3.62. The zero-order valence-corrected chi connectivity index (χ0v) is 11.7. The van der Waals surface area contributed by atoms with E-state index in [9.17, 15) is 4.79 Å². The van der Waals surface area contributed by atoms with Crippen LogP contribution in [-0.2, 0) is 4.74 Å². The number of carbonyl (C=O) groups is 1. The smallest absolute Gasteiger partial charge is 0.335 e. The average molecular weight is 284 g/mol. The van der Waals surface area contributed by atoms with Crippen molar-refractivity contribution >= 4 is 23.3 Å². The summed E-state index contributed by atoms with van der Waals surface area (Å²) < 4.78 is 5.66. The first-order valence-corrected chi connectivity index (χ1v) is 6.89. The van der Waals surface area contributed by atoms with E-state index in [1.54, 1.807) is 12.1 Å². The summed E-state index contributed by atoms with van der Waals surface area (Å²) in [6, 6.07) is 4.87. The molecule has 1 aromatic carbocycles. The third-order valence-electron chi connectivity index (χ3n) is 3.32. The first-order valence-electron chi connectivity index (χ1n) is 6.51. The molecule has 0 saturated carbocycles. The van der Waals surface area contributed by atoms with Crippen LogP contribution in [0, 0.1) is 0 Å². The number of ether oxygens (including phenoxy) is 1. The molecule has 0 spiro atoms. The molecule has 5 heteroatoms. The zero-order valence-electron chi connectivity index (χ0n) is 10.9. The van der Waals surface area contributed by atoms with Crippen LogP contribution >= 0.6 is 11.6 Å². The van der Waals surface area contributed by atoms with E-state index in [0.29, 0.717) is 11.6 Å². The summed E-state index contributed by atoms with van der Waals surface area (Å²) in [7, 11) is 0. The molecule has 1 heterocycles. The number of hydrogen-bond acceptors (Lipinski definition) is 3. The van der Waals surface area contributed by atoms with Crippen molar-refractivity contribution in [1.82, 2.24) is 0 Å². The molecule has 0 bridgehead atoms. The third kappa shape index (κ3) is 3.39. The van der Waals surface area contributed by atoms with Crippen LogP contribution in [0.3, 0.4) is 0 Å². The summed E-state index contributed by atoms with van der Waals surface area (Å²) in [4.78, 5) is 13.1. The molecule has 1 aromatic rings. The Morgan fingerprint density at radius 2 is 2.37 bits per heavy atom. The molecule has 1 aliphatic rings. The van der Waals surface area contributed by atoms with Gasteiger partial charge in [-0.25, -0.2) is 4.79 Å². The maximum atomic E-state index is 10.9. The van der Waals surface area contributed by atoms with E-state index < -0.39 is 5.97 Å². The van der Waals surface area contributed by atoms with Gasteiger partial charge in [-0.2, -0.15) is 0 Å². The number of anilines is 1. The van der Waals surface area contributed by atoms with E-state index in [2.05, 4.69) is 4.90 Å². The highest BCUT2D eigenvalue weighted by Gasteiger charge is 2.22. The first kappa shape index (κ1) is 14.2. The molecule has 1 saturated heterocycles. The molecule has 1 N–H and O–H groups in total. The Morgan fingerprint density at radius 3 is 3.00 bits per heavy atom. The van der Waals surface area contributed by atoms with E-state index in [1.165, 1.54) is 6.07 Å². The van der Waals surface area contributed by atoms with Gasteiger partial charge < -0.3 is 14.7 Å². The SMILES string of the molecule is CCOC1CCCN(c2ccc(C(=O)O)cc2Cl)C1. The van der Waals surface area contributed by atoms with Gasteiger partial charge in [-0.15, -0.1) is 0 Å². The number of hydrogen-bond donors (Lipinski definition) is 1. The van der Waals surface area contributed by atoms with E-state index >= 15 is 0 Å². The minimum atomic E-state index is -0.959. The predicted octanol–water partition coefficient (Wildman–Crippen LogP) is 3.04. The zero-order chi connectivity index (χ0) is 13.8. The Balaban J connectivity index is 2.15. The highest BCUT2D eigenvalue weighted by molar-refractivity contribution is 6.33. The summed E-state index contributed by atoms with van der Waals surface area (Å²) in [5.74, 6) is -0.959. The number of rotatable bonds is 4. The van der Waals surface area contributed by atoms with Crippen molar-refractivity contribution in [2.75, 3.05) is 24.6 Å². The molecule has 1 atom stereocenters. The Labute approximate surface area is 117 Å². The van der Waals surface area contributed by atoms with Crippen LogP contribution in [0.15, 0.2) is 18.2 Å². The van der Waals surface area contributed by atoms with Crippen LogP contribution in [0.2, 0.25) is 5.02 Å². The van der Waals surface area contributed by atoms with Gasteiger partial charge in [-0.1, -0.05) is 11.6 Å². The Bertz CT molecular complexity index is 462. The van der Waals surface area contributed by atoms with Crippen LogP contribution in [0.1, 0.15) is 30.1 Å². The molecule has 0 radical (unpaired) electrons. The van der Waals surface area contributed by atoms with Gasteiger partial charge in [0.05, 0.1) is 22.4 Å². The molecular weight excluding hydrogens is 266 g/mol. The van der Waals surface area contributed by atoms with Crippen molar-refractivity contribution in [3.63, 3.8) is 0 Å². The minimum absolute atomic E-state index is 0.215. The number of aromatic carboxylic acids is 1. The average Bonchev–Trinajstić information content (AvgIpc) is 2.39. The Kier molecular flexibility index (Phi) is 4.66. The normalized spacial score (nSPS) is 19.5. The largest absolute Gasteiger partial charge is 0.478 e. The van der Waals surface area contributed by atoms with Crippen molar-refractivity contribution in [3.8, 4) is 0 Å². The number of nitrogens with zero attached hydrogens (tertiary/aromatic N) is 1. The predicted molar refractivity (Wildman–Crippen MR) is 75.3 cm³/mol. The van der Waals surface area contributed by atoms with Crippen molar-refractivity contribution in [2.24, 2.45) is 0 Å². The second-order valence-electron chi connectivity index (χ2n) is 4.64. The summed E-state index contributed by atoms with van der Waals surface area (Å²) in [5.41, 5.74) is 1.10. The summed E-state index contributed by atoms with van der Waals surface area (Å²) in [6.45, 7) is 4.44. The van der Waals surface area contributed by atoms with Gasteiger partial charge >= 0.3 is 5.97 Å². The minimum Gasteiger partial charge on any atom is -0.478 e. The maximum Gasteiger partial charge on any atom is 0.335 e. The second kappa shape index (κ2) is 6.26. The molecule has 104 valence electrons. The van der Waals surface area contributed by atoms with Gasteiger partial charge in [0.15, 0.2) is 0 Å². The molecule has 2 rings (SSSR count). The summed E-state index contributed by atoms with van der Waals surface area (Å²) in [5, 5.41) is 9.41. The van der Waals surface area contributed by atoms with E-state index in [4.69, 9.17) is 21.4 Å². The second-order valence-corrected chi connectivity index (χ2v) is 5.04. The Morgan fingerprint density at radius 1 is 1.58 bits per heavy atom. The highest BCUT2D eigenvalue weighted by atomic mass is 35.5. The van der Waals surface area contributed by atoms with Crippen LogP contribution in [0.5, 0.6) is 0 Å². The lowest BCUT2D eigenvalue weighted by molar-refractivity contribution is 0.0526. The topological polar surface area (TPSA) is 49.8 Å². The van der Waals surface area contributed by atoms with Gasteiger partial charge in [-0.05, 0) is 38.0 Å². The lowest BCUT2D eigenvalue weighted by Gasteiger charge is -2.34. The van der Waals surface area contributed by atoms with Gasteiger partial charge in [-0.3, -0.25) is 0 Å². The fraction of sp³-hybridized carbons (Fsp3) is 0.500.